The quantitative estimate of drug-likeness (QED) is 0.599. The molecule has 0 amide bonds. The van der Waals surface area contributed by atoms with E-state index >= 15 is 0 Å². The molecule has 0 bridgehead atoms. The van der Waals surface area contributed by atoms with E-state index < -0.39 is 0 Å². The molecule has 82 valence electrons. The Morgan fingerprint density at radius 2 is 1.64 bits per heavy atom. The van der Waals surface area contributed by atoms with Gasteiger partial charge in [-0.3, -0.25) is 0 Å². The Balaban J connectivity index is 0. The molecule has 14 heavy (non-hydrogen) atoms. The lowest BCUT2D eigenvalue weighted by Crippen LogP contribution is -2.21. The van der Waals surface area contributed by atoms with Crippen LogP contribution in [0.25, 0.3) is 0 Å². The van der Waals surface area contributed by atoms with Gasteiger partial charge in [-0.25, -0.2) is 0 Å². The summed E-state index contributed by atoms with van der Waals surface area (Å²) in [6, 6.07) is 0. The van der Waals surface area contributed by atoms with Gasteiger partial charge in [-0.15, -0.1) is 0 Å². The van der Waals surface area contributed by atoms with Crippen molar-refractivity contribution in [3.63, 3.8) is 0 Å². The van der Waals surface area contributed by atoms with Crippen LogP contribution in [0.1, 0.15) is 34.6 Å². The van der Waals surface area contributed by atoms with E-state index in [0.29, 0.717) is 0 Å². The number of likely N-dealkylation sites (N-methyl/N-ethyl adjacent to an activating group) is 1. The zero-order valence-corrected chi connectivity index (χ0v) is 10.4. The highest BCUT2D eigenvalue weighted by atomic mass is 15.1. The summed E-state index contributed by atoms with van der Waals surface area (Å²) in [5.74, 6) is 0. The van der Waals surface area contributed by atoms with E-state index in [2.05, 4.69) is 38.8 Å². The maximum absolute atomic E-state index is 4.03. The fraction of sp³-hybridized carbons (Fsp3) is 0.538. The molecule has 0 aromatic carbocycles. The molecule has 0 atom stereocenters. The lowest BCUT2D eigenvalue weighted by atomic mass is 10.2. The maximum Gasteiger partial charge on any atom is 0.0322 e. The molecular weight excluding hydrogens is 170 g/mol. The van der Waals surface area contributed by atoms with E-state index in [4.69, 9.17) is 0 Å². The Kier molecular flexibility index (Phi) is 11.2. The van der Waals surface area contributed by atoms with Crippen molar-refractivity contribution in [2.24, 2.45) is 0 Å². The normalized spacial score (nSPS) is 9.93. The van der Waals surface area contributed by atoms with Crippen LogP contribution in [0.3, 0.4) is 0 Å². The zero-order chi connectivity index (χ0) is 11.6. The standard InChI is InChI=1S/C11H19N.C2H6/c1-6-9-10(4)11(5)12(7-2)8-3;1-2/h6,9H,1,5,7-8H2,2-4H3;1-2H3/b10-9-;. The van der Waals surface area contributed by atoms with Crippen LogP contribution in [0.2, 0.25) is 0 Å². The molecule has 0 rings (SSSR count). The third-order valence-electron chi connectivity index (χ3n) is 1.97. The molecule has 0 heterocycles. The van der Waals surface area contributed by atoms with Crippen LogP contribution in [0, 0.1) is 0 Å². The molecular formula is C13H25N. The van der Waals surface area contributed by atoms with Gasteiger partial charge >= 0.3 is 0 Å². The first-order valence-electron chi connectivity index (χ1n) is 5.40. The number of hydrogen-bond acceptors (Lipinski definition) is 1. The highest BCUT2D eigenvalue weighted by Crippen LogP contribution is 2.11. The van der Waals surface area contributed by atoms with E-state index in [0.717, 1.165) is 18.8 Å². The number of nitrogens with zero attached hydrogens (tertiary/aromatic N) is 1. The minimum Gasteiger partial charge on any atom is -0.372 e. The van der Waals surface area contributed by atoms with Crippen molar-refractivity contribution in [3.05, 3.63) is 36.6 Å². The van der Waals surface area contributed by atoms with Crippen LogP contribution in [-0.2, 0) is 0 Å². The van der Waals surface area contributed by atoms with Crippen molar-refractivity contribution >= 4 is 0 Å². The molecule has 0 aliphatic rings. The highest BCUT2D eigenvalue weighted by Gasteiger charge is 2.02. The first kappa shape index (κ1) is 15.5. The van der Waals surface area contributed by atoms with Gasteiger partial charge in [0.05, 0.1) is 0 Å². The zero-order valence-electron chi connectivity index (χ0n) is 10.4. The molecule has 1 heteroatoms. The van der Waals surface area contributed by atoms with Gasteiger partial charge < -0.3 is 4.90 Å². The van der Waals surface area contributed by atoms with E-state index in [1.54, 1.807) is 6.08 Å². The Morgan fingerprint density at radius 3 is 1.93 bits per heavy atom. The summed E-state index contributed by atoms with van der Waals surface area (Å²) in [6.45, 7) is 20.0. The van der Waals surface area contributed by atoms with Crippen LogP contribution in [-0.4, -0.2) is 18.0 Å². The van der Waals surface area contributed by atoms with E-state index in [1.165, 1.54) is 5.57 Å². The summed E-state index contributed by atoms with van der Waals surface area (Å²) in [4.78, 5) is 2.23. The first-order valence-corrected chi connectivity index (χ1v) is 5.40. The van der Waals surface area contributed by atoms with Gasteiger partial charge in [0, 0.05) is 18.8 Å². The molecule has 0 unspecified atom stereocenters. The van der Waals surface area contributed by atoms with Crippen LogP contribution < -0.4 is 0 Å². The molecule has 0 saturated heterocycles. The Hall–Kier alpha value is -0.980. The third kappa shape index (κ3) is 5.63. The molecule has 0 aliphatic carbocycles. The Bertz CT molecular complexity index is 185. The molecule has 0 aromatic rings. The van der Waals surface area contributed by atoms with Crippen molar-refractivity contribution in [2.75, 3.05) is 13.1 Å². The molecule has 0 fully saturated rings. The second-order valence-electron chi connectivity index (χ2n) is 2.70. The maximum atomic E-state index is 4.03. The Labute approximate surface area is 89.8 Å². The van der Waals surface area contributed by atoms with Gasteiger partial charge in [-0.05, 0) is 26.3 Å². The smallest absolute Gasteiger partial charge is 0.0322 e. The lowest BCUT2D eigenvalue weighted by molar-refractivity contribution is 0.391. The van der Waals surface area contributed by atoms with Crippen molar-refractivity contribution in [3.8, 4) is 0 Å². The van der Waals surface area contributed by atoms with Gasteiger partial charge in [-0.2, -0.15) is 0 Å². The fourth-order valence-corrected chi connectivity index (χ4v) is 1.13. The minimum atomic E-state index is 1.01. The molecule has 0 N–H and O–H groups in total. The number of allylic oxidation sites excluding steroid dienone is 3. The fourth-order valence-electron chi connectivity index (χ4n) is 1.13. The average molecular weight is 195 g/mol. The molecule has 0 aliphatic heterocycles. The van der Waals surface area contributed by atoms with E-state index in [-0.39, 0.29) is 0 Å². The van der Waals surface area contributed by atoms with Crippen LogP contribution >= 0.6 is 0 Å². The van der Waals surface area contributed by atoms with Crippen LogP contribution in [0.5, 0.6) is 0 Å². The van der Waals surface area contributed by atoms with Gasteiger partial charge in [0.15, 0.2) is 0 Å². The van der Waals surface area contributed by atoms with Gasteiger partial charge in [0.25, 0.3) is 0 Å². The predicted molar refractivity (Wildman–Crippen MR) is 67.4 cm³/mol. The molecule has 0 radical (unpaired) electrons. The molecule has 1 nitrogen and oxygen atoms in total. The second kappa shape index (κ2) is 10.1. The van der Waals surface area contributed by atoms with Crippen molar-refractivity contribution in [1.29, 1.82) is 0 Å². The third-order valence-corrected chi connectivity index (χ3v) is 1.97. The van der Waals surface area contributed by atoms with Gasteiger partial charge in [-0.1, -0.05) is 39.2 Å². The van der Waals surface area contributed by atoms with Crippen LogP contribution in [0.15, 0.2) is 36.6 Å². The van der Waals surface area contributed by atoms with Gasteiger partial charge in [0.2, 0.25) is 0 Å². The topological polar surface area (TPSA) is 3.24 Å². The highest BCUT2D eigenvalue weighted by molar-refractivity contribution is 5.27. The number of hydrogen-bond donors (Lipinski definition) is 0. The lowest BCUT2D eigenvalue weighted by Gasteiger charge is -2.23. The predicted octanol–water partition coefficient (Wildman–Crippen LogP) is 4.00. The largest absolute Gasteiger partial charge is 0.372 e. The summed E-state index contributed by atoms with van der Waals surface area (Å²) in [6.07, 6.45) is 3.78. The molecule has 0 spiro atoms. The first-order chi connectivity index (χ1) is 6.67. The van der Waals surface area contributed by atoms with Gasteiger partial charge in [0.1, 0.15) is 0 Å². The summed E-state index contributed by atoms with van der Waals surface area (Å²) in [7, 11) is 0. The molecule has 0 aromatic heterocycles. The summed E-state index contributed by atoms with van der Waals surface area (Å²) in [5, 5.41) is 0. The van der Waals surface area contributed by atoms with Crippen molar-refractivity contribution in [1.82, 2.24) is 4.90 Å². The SMILES string of the molecule is C=C/C=C(/C)C(=C)N(CC)CC.CC. The molecule has 0 saturated carbocycles. The summed E-state index contributed by atoms with van der Waals surface area (Å²) in [5.41, 5.74) is 2.29. The number of rotatable bonds is 5. The minimum absolute atomic E-state index is 1.01. The average Bonchev–Trinajstić information content (AvgIpc) is 2.23. The summed E-state index contributed by atoms with van der Waals surface area (Å²) < 4.78 is 0. The van der Waals surface area contributed by atoms with E-state index in [1.807, 2.05) is 19.9 Å². The van der Waals surface area contributed by atoms with Crippen LogP contribution in [0.4, 0.5) is 0 Å². The Morgan fingerprint density at radius 1 is 1.21 bits per heavy atom. The second-order valence-corrected chi connectivity index (χ2v) is 2.70. The van der Waals surface area contributed by atoms with Crippen molar-refractivity contribution in [2.45, 2.75) is 34.6 Å². The van der Waals surface area contributed by atoms with Crippen molar-refractivity contribution < 1.29 is 0 Å². The monoisotopic (exact) mass is 195 g/mol. The van der Waals surface area contributed by atoms with E-state index in [9.17, 15) is 0 Å². The summed E-state index contributed by atoms with van der Waals surface area (Å²) >= 11 is 0.